The number of benzene rings is 3. The molecule has 31 nitrogen and oxygen atoms in total. The second-order valence-electron chi connectivity index (χ2n) is 25.7. The van der Waals surface area contributed by atoms with E-state index in [9.17, 15) is 14.4 Å². The van der Waals surface area contributed by atoms with Gasteiger partial charge in [0, 0.05) is 87.3 Å². The molecule has 6 aromatic heterocycles. The topological polar surface area (TPSA) is 412 Å². The van der Waals surface area contributed by atoms with Crippen molar-refractivity contribution in [1.29, 1.82) is 0 Å². The highest BCUT2D eigenvalue weighted by Crippen LogP contribution is 2.32. The van der Waals surface area contributed by atoms with E-state index in [1.165, 1.54) is 25.9 Å². The van der Waals surface area contributed by atoms with Crippen molar-refractivity contribution < 1.29 is 56.2 Å². The maximum absolute atomic E-state index is 11.4. The van der Waals surface area contributed by atoms with E-state index in [4.69, 9.17) is 41.3 Å². The molecule has 514 valence electrons. The van der Waals surface area contributed by atoms with Gasteiger partial charge in [-0.1, -0.05) is 15.6 Å². The Balaban J connectivity index is 0.000000147. The van der Waals surface area contributed by atoms with Crippen molar-refractivity contribution in [2.75, 3.05) is 81.7 Å². The molecule has 0 unspecified atom stereocenters. The van der Waals surface area contributed by atoms with Crippen molar-refractivity contribution in [2.24, 2.45) is 40.9 Å². The van der Waals surface area contributed by atoms with Crippen LogP contribution in [-0.4, -0.2) is 192 Å². The number of nitrogens with two attached hydrogens (primary N) is 4. The molecule has 2 aliphatic heterocycles. The van der Waals surface area contributed by atoms with E-state index in [-0.39, 0.29) is 72.6 Å². The first-order chi connectivity index (χ1) is 46.6. The van der Waals surface area contributed by atoms with Crippen molar-refractivity contribution in [3.8, 4) is 34.3 Å². The third-order valence-electron chi connectivity index (χ3n) is 18.3. The third kappa shape index (κ3) is 17.9. The number of nitrogens with one attached hydrogen (secondary N) is 3. The number of aromatic nitrogens is 15. The van der Waals surface area contributed by atoms with Gasteiger partial charge in [-0.25, -0.2) is 15.0 Å². The van der Waals surface area contributed by atoms with Crippen LogP contribution in [0.5, 0.6) is 17.2 Å². The summed E-state index contributed by atoms with van der Waals surface area (Å²) in [6, 6.07) is 23.4. The highest BCUT2D eigenvalue weighted by Gasteiger charge is 2.32. The average Bonchev–Trinajstić information content (AvgIpc) is 1.71. The second-order valence-corrected chi connectivity index (χ2v) is 25.7. The van der Waals surface area contributed by atoms with Crippen LogP contribution >= 0.6 is 0 Å². The molecule has 12 N–H and O–H groups in total. The normalized spacial score (nSPS) is 20.4. The number of halogens is 1. The number of primary amides is 3. The fraction of sp³-hybridized carbons (Fsp3) is 0.492. The zero-order valence-corrected chi connectivity index (χ0v) is 55.2. The Morgan fingerprint density at radius 2 is 0.959 bits per heavy atom. The second kappa shape index (κ2) is 32.0. The molecule has 0 bridgehead atoms. The van der Waals surface area contributed by atoms with Gasteiger partial charge >= 0.3 is 0 Å². The number of hydrogen-bond acceptors (Lipinski definition) is 24. The molecule has 3 aromatic carbocycles. The van der Waals surface area contributed by atoms with Crippen LogP contribution in [0.3, 0.4) is 0 Å². The molecule has 3 amide bonds. The number of quaternary nitrogens is 1. The van der Waals surface area contributed by atoms with E-state index in [0.717, 1.165) is 107 Å². The first-order valence-corrected chi connectivity index (χ1v) is 33.1. The van der Waals surface area contributed by atoms with Crippen LogP contribution in [-0.2, 0) is 19.1 Å². The van der Waals surface area contributed by atoms with Gasteiger partial charge in [0.05, 0.1) is 68.6 Å². The number of ether oxygens (including phenoxy) is 4. The third-order valence-corrected chi connectivity index (χ3v) is 18.3. The molecule has 5 aliphatic rings. The number of carbonyl (C=O) groups excluding carboxylic acids is 3. The van der Waals surface area contributed by atoms with Gasteiger partial charge < -0.3 is 74.9 Å². The summed E-state index contributed by atoms with van der Waals surface area (Å²) in [5, 5.41) is 46.7. The van der Waals surface area contributed by atoms with Crippen molar-refractivity contribution in [3.63, 3.8) is 0 Å². The average molecular weight is 1350 g/mol. The Morgan fingerprint density at radius 1 is 0.567 bits per heavy atom. The fourth-order valence-electron chi connectivity index (χ4n) is 12.7. The molecule has 0 spiro atoms. The van der Waals surface area contributed by atoms with Gasteiger partial charge in [-0.15, -0.1) is 15.3 Å². The molecule has 32 heteroatoms. The van der Waals surface area contributed by atoms with Gasteiger partial charge in [-0.05, 0) is 144 Å². The fourth-order valence-corrected chi connectivity index (χ4v) is 12.7. The Bertz CT molecular complexity index is 4070. The number of piperidine rings is 1. The number of rotatable bonds is 23. The molecule has 6 atom stereocenters. The lowest BCUT2D eigenvalue weighted by molar-refractivity contribution is -0.664. The minimum atomic E-state index is -0.461. The van der Waals surface area contributed by atoms with Gasteiger partial charge in [0.1, 0.15) is 29.5 Å². The minimum Gasteiger partial charge on any atom is -1.00 e. The first-order valence-electron chi connectivity index (χ1n) is 33.1. The number of anilines is 3. The summed E-state index contributed by atoms with van der Waals surface area (Å²) in [5.41, 5.74) is 21.9. The van der Waals surface area contributed by atoms with Crippen molar-refractivity contribution in [2.45, 2.75) is 115 Å². The zero-order valence-electron chi connectivity index (χ0n) is 54.4. The standard InChI is InChI=1S/C22H28N8O3.C22H28N8O2.C21H27N7O3.ClH/c23-20(31)15-1-2-16(13-15)25-22-24-14-19-21(26-22)30(28-27-19)17-3-5-18(6-4-17)33-12-9-29-7-10-32-11-8-29;23-20(31)15-1-2-16(11-15)26-22-25-12-19-21(27-22)30(29-28-19)17-3-5-18(6-4-17)32-13-14-7-9-24-10-8-14;1-21(2,9-10-29)31-16-7-5-15(6-8-16)28-19-17(26-27-28)12-23-20(25-19)24-14-4-3-13(11-14)18(22)30;/h3-6,14-16H,1-2,7-13H2,(H2,23,31)(H,24,25,26);3-6,12,14-16,24H,1-2,7-11,13H2,(H2,23,31)(H,25,26,27);5-8,12-14,29H,3-4,9-11H2,1-2H3,(H2,22,30)(H,23,24,25);1H/t2*15-,16-;13-,14-;/m111./s1. The summed E-state index contributed by atoms with van der Waals surface area (Å²) < 4.78 is 28.2. The Labute approximate surface area is 565 Å². The molecule has 3 saturated carbocycles. The van der Waals surface area contributed by atoms with E-state index in [2.05, 4.69) is 87.0 Å². The van der Waals surface area contributed by atoms with E-state index >= 15 is 0 Å². The predicted octanol–water partition coefficient (Wildman–Crippen LogP) is 0.436. The van der Waals surface area contributed by atoms with Crippen LogP contribution in [0.1, 0.15) is 90.9 Å². The molecular weight excluding hydrogens is 1270 g/mol. The van der Waals surface area contributed by atoms with Gasteiger partial charge in [0.15, 0.2) is 33.5 Å². The van der Waals surface area contributed by atoms with Crippen molar-refractivity contribution in [3.05, 3.63) is 91.4 Å². The molecule has 2 saturated heterocycles. The van der Waals surface area contributed by atoms with Crippen LogP contribution < -0.4 is 65.1 Å². The molecule has 9 aromatic rings. The summed E-state index contributed by atoms with van der Waals surface area (Å²) in [5.74, 6) is 3.45. The minimum absolute atomic E-state index is 0. The van der Waals surface area contributed by atoms with Crippen molar-refractivity contribution in [1.82, 2.24) is 79.8 Å². The largest absolute Gasteiger partial charge is 1.00 e. The number of morpholine rings is 1. The lowest BCUT2D eigenvalue weighted by Crippen LogP contribution is -3.00. The van der Waals surface area contributed by atoms with Crippen LogP contribution in [0, 0.1) is 23.7 Å². The number of carbonyl (C=O) groups is 3. The molecule has 5 fully saturated rings. The summed E-state index contributed by atoms with van der Waals surface area (Å²) in [6.07, 6.45) is 14.9. The maximum Gasteiger partial charge on any atom is 0.225 e. The van der Waals surface area contributed by atoms with E-state index in [1.54, 1.807) is 32.6 Å². The Morgan fingerprint density at radius 3 is 1.34 bits per heavy atom. The summed E-state index contributed by atoms with van der Waals surface area (Å²) in [6.45, 7) is 12.1. The summed E-state index contributed by atoms with van der Waals surface area (Å²) in [4.78, 5) is 63.4. The Kier molecular flexibility index (Phi) is 22.7. The molecule has 8 heterocycles. The van der Waals surface area contributed by atoms with Crippen molar-refractivity contribution >= 4 is 69.1 Å². The zero-order chi connectivity index (χ0) is 66.5. The summed E-state index contributed by atoms with van der Waals surface area (Å²) >= 11 is 0. The highest BCUT2D eigenvalue weighted by atomic mass is 35.5. The smallest absolute Gasteiger partial charge is 0.225 e. The molecular formula is C65H84ClN23O8. The van der Waals surface area contributed by atoms with Crippen LogP contribution in [0.15, 0.2) is 91.4 Å². The number of aliphatic hydroxyl groups is 1. The number of fused-ring (bicyclic) bond motifs is 3. The lowest BCUT2D eigenvalue weighted by atomic mass is 9.99. The predicted molar refractivity (Wildman–Crippen MR) is 354 cm³/mol. The summed E-state index contributed by atoms with van der Waals surface area (Å²) in [7, 11) is 0. The van der Waals surface area contributed by atoms with E-state index in [0.29, 0.717) is 95.3 Å². The van der Waals surface area contributed by atoms with Gasteiger partial charge in [-0.3, -0.25) is 19.3 Å². The SMILES string of the molecule is CC(C)(CCO)Oc1ccc(-n2nnc3cnc(N[C@@H]4CC[C@@H](C(N)=O)C4)nc32)cc1.NC(=O)[C@@H]1CC[C@@H](Nc2ncc3nnn(-c4ccc(OCC5CC[NH2+]CC5)cc4)c3n2)C1.NC(=O)[C@@H]1CC[C@@H](Nc2ncc3nnn(-c4ccc(OCCN5CCOCC5)cc4)c3n2)C1.[Cl-]. The Hall–Kier alpha value is -9.56. The number of nitrogens with zero attached hydrogens (tertiary/aromatic N) is 16. The van der Waals surface area contributed by atoms with E-state index < -0.39 is 5.60 Å². The van der Waals surface area contributed by atoms with Gasteiger partial charge in [-0.2, -0.15) is 29.0 Å². The van der Waals surface area contributed by atoms with Gasteiger partial charge in [0.25, 0.3) is 0 Å². The first kappa shape index (κ1) is 68.8. The molecule has 14 rings (SSSR count). The lowest BCUT2D eigenvalue weighted by Gasteiger charge is -2.26. The van der Waals surface area contributed by atoms with Crippen LogP contribution in [0.4, 0.5) is 17.8 Å². The van der Waals surface area contributed by atoms with Crippen LogP contribution in [0.2, 0.25) is 0 Å². The van der Waals surface area contributed by atoms with Gasteiger partial charge in [0.2, 0.25) is 35.6 Å². The molecule has 97 heavy (non-hydrogen) atoms. The quantitative estimate of drug-likeness (QED) is 0.0431. The number of aliphatic hydroxyl groups excluding tert-OH is 1. The maximum atomic E-state index is 11.4. The molecule has 0 radical (unpaired) electrons. The van der Waals surface area contributed by atoms with Crippen LogP contribution in [0.25, 0.3) is 50.6 Å². The molecule has 3 aliphatic carbocycles. The highest BCUT2D eigenvalue weighted by molar-refractivity contribution is 5.79. The van der Waals surface area contributed by atoms with E-state index in [1.807, 2.05) is 86.6 Å². The monoisotopic (exact) mass is 1350 g/mol. The number of hydrogen-bond donors (Lipinski definition) is 8. The number of amides is 3.